The second-order valence-electron chi connectivity index (χ2n) is 3.64. The van der Waals surface area contributed by atoms with E-state index in [1.54, 1.807) is 6.07 Å². The molecular formula is C14H16O2. The molecule has 0 atom stereocenters. The van der Waals surface area contributed by atoms with Gasteiger partial charge in [0.05, 0.1) is 0 Å². The number of hydrogen-bond donors (Lipinski definition) is 0. The first-order valence-corrected chi connectivity index (χ1v) is 5.42. The molecule has 1 aromatic rings. The molecule has 0 bridgehead atoms. The topological polar surface area (TPSA) is 26.3 Å². The van der Waals surface area contributed by atoms with Crippen molar-refractivity contribution in [3.63, 3.8) is 0 Å². The summed E-state index contributed by atoms with van der Waals surface area (Å²) in [6, 6.07) is 5.63. The van der Waals surface area contributed by atoms with Crippen molar-refractivity contribution in [2.75, 3.05) is 0 Å². The molecule has 0 amide bonds. The molecule has 1 rings (SSSR count). The quantitative estimate of drug-likeness (QED) is 0.329. The molecule has 2 nitrogen and oxygen atoms in total. The van der Waals surface area contributed by atoms with Gasteiger partial charge in [-0.2, -0.15) is 0 Å². The number of unbranched alkanes of at least 4 members (excludes halogenated alkanes) is 1. The van der Waals surface area contributed by atoms with Crippen molar-refractivity contribution in [3.8, 4) is 17.6 Å². The van der Waals surface area contributed by atoms with Gasteiger partial charge in [0.25, 0.3) is 0 Å². The largest absolute Gasteiger partial charge is 0.417 e. The van der Waals surface area contributed by atoms with Crippen molar-refractivity contribution in [2.24, 2.45) is 0 Å². The average molecular weight is 216 g/mol. The molecule has 0 fully saturated rings. The molecule has 0 aliphatic rings. The normalized spacial score (nSPS) is 9.19. The Kier molecular flexibility index (Phi) is 4.60. The van der Waals surface area contributed by atoms with Crippen LogP contribution in [0.15, 0.2) is 18.2 Å². The van der Waals surface area contributed by atoms with Crippen molar-refractivity contribution in [1.82, 2.24) is 0 Å². The van der Waals surface area contributed by atoms with Crippen LogP contribution in [0.3, 0.4) is 0 Å². The van der Waals surface area contributed by atoms with Gasteiger partial charge < -0.3 is 4.74 Å². The van der Waals surface area contributed by atoms with Crippen molar-refractivity contribution in [1.29, 1.82) is 0 Å². The lowest BCUT2D eigenvalue weighted by atomic mass is 10.1. The highest BCUT2D eigenvalue weighted by Crippen LogP contribution is 2.20. The summed E-state index contributed by atoms with van der Waals surface area (Å²) in [7, 11) is 0. The second-order valence-corrected chi connectivity index (χ2v) is 3.64. The van der Waals surface area contributed by atoms with E-state index >= 15 is 0 Å². The molecule has 0 saturated heterocycles. The Morgan fingerprint density at radius 2 is 2.12 bits per heavy atom. The fraction of sp³-hybridized carbons (Fsp3) is 0.357. The maximum Gasteiger partial charge on any atom is 0.389 e. The molecule has 84 valence electrons. The van der Waals surface area contributed by atoms with Crippen molar-refractivity contribution in [2.45, 2.75) is 33.6 Å². The molecule has 0 N–H and O–H groups in total. The Labute approximate surface area is 96.6 Å². The van der Waals surface area contributed by atoms with Gasteiger partial charge in [-0.05, 0) is 37.5 Å². The third-order valence-corrected chi connectivity index (χ3v) is 2.32. The highest BCUT2D eigenvalue weighted by molar-refractivity contribution is 5.90. The van der Waals surface area contributed by atoms with E-state index in [-0.39, 0.29) is 0 Å². The summed E-state index contributed by atoms with van der Waals surface area (Å²) in [6.07, 6.45) is 1.67. The van der Waals surface area contributed by atoms with Crippen molar-refractivity contribution in [3.05, 3.63) is 29.3 Å². The van der Waals surface area contributed by atoms with Gasteiger partial charge in [-0.15, -0.1) is 0 Å². The maximum absolute atomic E-state index is 11.4. The molecule has 0 radical (unpaired) electrons. The monoisotopic (exact) mass is 216 g/mol. The fourth-order valence-corrected chi connectivity index (χ4v) is 1.22. The van der Waals surface area contributed by atoms with E-state index in [9.17, 15) is 4.79 Å². The van der Waals surface area contributed by atoms with Crippen LogP contribution in [0.5, 0.6) is 5.75 Å². The number of rotatable bonds is 2. The van der Waals surface area contributed by atoms with Crippen LogP contribution in [0, 0.1) is 25.7 Å². The Bertz CT molecular complexity index is 436. The van der Waals surface area contributed by atoms with Gasteiger partial charge >= 0.3 is 5.97 Å². The Morgan fingerprint density at radius 3 is 2.81 bits per heavy atom. The Hall–Kier alpha value is -1.75. The minimum Gasteiger partial charge on any atom is -0.417 e. The van der Waals surface area contributed by atoms with Crippen LogP contribution in [0.25, 0.3) is 0 Å². The summed E-state index contributed by atoms with van der Waals surface area (Å²) in [5.74, 6) is 5.34. The minimum atomic E-state index is -0.484. The third-order valence-electron chi connectivity index (χ3n) is 2.32. The molecule has 2 heteroatoms. The zero-order chi connectivity index (χ0) is 12.0. The first kappa shape index (κ1) is 12.3. The van der Waals surface area contributed by atoms with E-state index in [0.717, 1.165) is 24.0 Å². The maximum atomic E-state index is 11.4. The number of benzene rings is 1. The molecule has 0 unspecified atom stereocenters. The van der Waals surface area contributed by atoms with E-state index in [0.29, 0.717) is 5.75 Å². The van der Waals surface area contributed by atoms with Crippen LogP contribution in [0.4, 0.5) is 0 Å². The number of esters is 1. The van der Waals surface area contributed by atoms with E-state index in [2.05, 4.69) is 11.8 Å². The van der Waals surface area contributed by atoms with Gasteiger partial charge in [0.1, 0.15) is 5.75 Å². The zero-order valence-electron chi connectivity index (χ0n) is 9.96. The molecular weight excluding hydrogens is 200 g/mol. The first-order valence-electron chi connectivity index (χ1n) is 5.42. The highest BCUT2D eigenvalue weighted by atomic mass is 16.5. The molecule has 0 heterocycles. The van der Waals surface area contributed by atoms with Crippen LogP contribution < -0.4 is 4.74 Å². The standard InChI is InChI=1S/C14H16O2/c1-4-5-6-10-14(15)16-13-9-7-8-11(2)12(13)3/h7-9H,4-5H2,1-3H3. The molecule has 0 aliphatic carbocycles. The lowest BCUT2D eigenvalue weighted by Gasteiger charge is -2.06. The fourth-order valence-electron chi connectivity index (χ4n) is 1.22. The minimum absolute atomic E-state index is 0.484. The number of aryl methyl sites for hydroxylation is 1. The van der Waals surface area contributed by atoms with E-state index in [4.69, 9.17) is 4.74 Å². The summed E-state index contributed by atoms with van der Waals surface area (Å²) in [6.45, 7) is 5.93. The number of ether oxygens (including phenoxy) is 1. The van der Waals surface area contributed by atoms with Gasteiger partial charge in [0.15, 0.2) is 0 Å². The van der Waals surface area contributed by atoms with Crippen molar-refractivity contribution < 1.29 is 9.53 Å². The van der Waals surface area contributed by atoms with E-state index in [1.807, 2.05) is 32.9 Å². The van der Waals surface area contributed by atoms with Crippen LogP contribution >= 0.6 is 0 Å². The zero-order valence-corrected chi connectivity index (χ0v) is 9.96. The molecule has 0 spiro atoms. The predicted octanol–water partition coefficient (Wildman–Crippen LogP) is 3.01. The molecule has 0 saturated carbocycles. The number of hydrogen-bond acceptors (Lipinski definition) is 2. The summed E-state index contributed by atoms with van der Waals surface area (Å²) in [5, 5.41) is 0. The van der Waals surface area contributed by atoms with Crippen LogP contribution in [-0.2, 0) is 4.79 Å². The van der Waals surface area contributed by atoms with Crippen LogP contribution in [0.1, 0.15) is 30.9 Å². The van der Waals surface area contributed by atoms with Crippen LogP contribution in [-0.4, -0.2) is 5.97 Å². The second kappa shape index (κ2) is 5.97. The van der Waals surface area contributed by atoms with Crippen molar-refractivity contribution >= 4 is 5.97 Å². The Morgan fingerprint density at radius 1 is 1.38 bits per heavy atom. The molecule has 0 aliphatic heterocycles. The summed E-state index contributed by atoms with van der Waals surface area (Å²) >= 11 is 0. The lowest BCUT2D eigenvalue weighted by Crippen LogP contribution is -2.06. The lowest BCUT2D eigenvalue weighted by molar-refractivity contribution is -0.128. The summed E-state index contributed by atoms with van der Waals surface area (Å²) < 4.78 is 5.16. The van der Waals surface area contributed by atoms with Crippen LogP contribution in [0.2, 0.25) is 0 Å². The first-order chi connectivity index (χ1) is 7.65. The number of carbonyl (C=O) groups excluding carboxylic acids is 1. The SMILES string of the molecule is CCCC#CC(=O)Oc1cccc(C)c1C. The van der Waals surface area contributed by atoms with Gasteiger partial charge in [-0.3, -0.25) is 0 Å². The Balaban J connectivity index is 2.71. The van der Waals surface area contributed by atoms with Gasteiger partial charge in [-0.1, -0.05) is 25.0 Å². The average Bonchev–Trinajstić information content (AvgIpc) is 2.25. The summed E-state index contributed by atoms with van der Waals surface area (Å²) in [5.41, 5.74) is 2.08. The molecule has 16 heavy (non-hydrogen) atoms. The highest BCUT2D eigenvalue weighted by Gasteiger charge is 2.05. The van der Waals surface area contributed by atoms with Gasteiger partial charge in [0, 0.05) is 12.3 Å². The van der Waals surface area contributed by atoms with E-state index in [1.165, 1.54) is 0 Å². The molecule has 0 aromatic heterocycles. The smallest absolute Gasteiger partial charge is 0.389 e. The predicted molar refractivity (Wildman–Crippen MR) is 64.2 cm³/mol. The third kappa shape index (κ3) is 3.43. The summed E-state index contributed by atoms with van der Waals surface area (Å²) in [4.78, 5) is 11.4. The van der Waals surface area contributed by atoms with E-state index < -0.39 is 5.97 Å². The van der Waals surface area contributed by atoms with Gasteiger partial charge in [0.2, 0.25) is 0 Å². The number of carbonyl (C=O) groups is 1. The van der Waals surface area contributed by atoms with Gasteiger partial charge in [-0.25, -0.2) is 4.79 Å². The molecule has 1 aromatic carbocycles.